The Morgan fingerprint density at radius 3 is 2.59 bits per heavy atom. The second-order valence-electron chi connectivity index (χ2n) is 6.18. The molecule has 2 amide bonds. The van der Waals surface area contributed by atoms with Crippen molar-refractivity contribution in [3.05, 3.63) is 72.4 Å². The summed E-state index contributed by atoms with van der Waals surface area (Å²) in [5.41, 5.74) is 1.61. The molecule has 4 aromatic rings. The lowest BCUT2D eigenvalue weighted by atomic mass is 10.0. The molecule has 0 aliphatic carbocycles. The predicted molar refractivity (Wildman–Crippen MR) is 101 cm³/mol. The lowest BCUT2D eigenvalue weighted by molar-refractivity contribution is -0.120. The molecule has 27 heavy (non-hydrogen) atoms. The van der Waals surface area contributed by atoms with Crippen molar-refractivity contribution in [1.29, 1.82) is 0 Å². The fraction of sp³-hybridized carbons (Fsp3) is 0.143. The first-order chi connectivity index (χ1) is 13.2. The molecule has 0 aliphatic rings. The zero-order chi connectivity index (χ0) is 18.6. The molecule has 0 spiro atoms. The Hall–Kier alpha value is -3.54. The molecule has 6 heteroatoms. The summed E-state index contributed by atoms with van der Waals surface area (Å²) in [6, 6.07) is 15.2. The molecular weight excluding hydrogens is 344 g/mol. The van der Waals surface area contributed by atoms with E-state index in [1.165, 1.54) is 6.26 Å². The molecule has 2 aromatic carbocycles. The smallest absolute Gasteiger partial charge is 0.287 e. The first-order valence-corrected chi connectivity index (χ1v) is 8.68. The minimum atomic E-state index is -0.304. The molecule has 0 saturated heterocycles. The van der Waals surface area contributed by atoms with E-state index in [1.54, 1.807) is 18.4 Å². The molecule has 6 nitrogen and oxygen atoms in total. The molecule has 0 unspecified atom stereocenters. The zero-order valence-electron chi connectivity index (χ0n) is 14.5. The quantitative estimate of drug-likeness (QED) is 0.516. The molecule has 2 heterocycles. The van der Waals surface area contributed by atoms with Crippen LogP contribution in [0.5, 0.6) is 0 Å². The Balaban J connectivity index is 1.37. The van der Waals surface area contributed by atoms with Crippen LogP contribution >= 0.6 is 0 Å². The highest BCUT2D eigenvalue weighted by Crippen LogP contribution is 2.30. The summed E-state index contributed by atoms with van der Waals surface area (Å²) in [5, 5.41) is 8.63. The topological polar surface area (TPSA) is 84.5 Å². The third kappa shape index (κ3) is 3.55. The number of fused-ring (bicyclic) bond motifs is 3. The van der Waals surface area contributed by atoms with Crippen LogP contribution < -0.4 is 10.6 Å². The second kappa shape index (κ2) is 7.37. The van der Waals surface area contributed by atoms with Gasteiger partial charge in [-0.2, -0.15) is 0 Å². The molecule has 2 aromatic heterocycles. The van der Waals surface area contributed by atoms with Gasteiger partial charge in [0.1, 0.15) is 5.58 Å². The molecule has 0 radical (unpaired) electrons. The van der Waals surface area contributed by atoms with Gasteiger partial charge in [0.2, 0.25) is 5.91 Å². The summed E-state index contributed by atoms with van der Waals surface area (Å²) in [7, 11) is 0. The van der Waals surface area contributed by atoms with Gasteiger partial charge in [0, 0.05) is 24.0 Å². The van der Waals surface area contributed by atoms with Crippen molar-refractivity contribution < 1.29 is 18.4 Å². The van der Waals surface area contributed by atoms with Gasteiger partial charge in [0.05, 0.1) is 18.9 Å². The lowest BCUT2D eigenvalue weighted by Crippen LogP contribution is -2.35. The highest BCUT2D eigenvalue weighted by Gasteiger charge is 2.13. The molecular formula is C21H18N2O4. The maximum Gasteiger partial charge on any atom is 0.287 e. The number of benzene rings is 2. The van der Waals surface area contributed by atoms with Crippen LogP contribution in [0.3, 0.4) is 0 Å². The maximum absolute atomic E-state index is 12.3. The van der Waals surface area contributed by atoms with Gasteiger partial charge >= 0.3 is 0 Å². The van der Waals surface area contributed by atoms with Crippen molar-refractivity contribution in [1.82, 2.24) is 10.6 Å². The standard InChI is InChI=1S/C21H18N2O4/c24-19(22-9-10-23-21(25)18-6-3-11-26-18)12-15-13-27-17-8-7-14-4-1-2-5-16(14)20(15)17/h1-8,11,13H,9-10,12H2,(H,22,24)(H,23,25). The number of furan rings is 2. The average molecular weight is 362 g/mol. The third-order valence-electron chi connectivity index (χ3n) is 4.37. The Morgan fingerprint density at radius 2 is 1.74 bits per heavy atom. The van der Waals surface area contributed by atoms with Crippen molar-refractivity contribution in [2.24, 2.45) is 0 Å². The SMILES string of the molecule is O=C(Cc1coc2ccc3ccccc3c12)NCCNC(=O)c1ccco1. The van der Waals surface area contributed by atoms with Crippen LogP contribution in [-0.2, 0) is 11.2 Å². The van der Waals surface area contributed by atoms with Crippen molar-refractivity contribution in [3.8, 4) is 0 Å². The summed E-state index contributed by atoms with van der Waals surface area (Å²) < 4.78 is 10.6. The number of carbonyl (C=O) groups excluding carboxylic acids is 2. The Bertz CT molecular complexity index is 1100. The van der Waals surface area contributed by atoms with E-state index >= 15 is 0 Å². The summed E-state index contributed by atoms with van der Waals surface area (Å²) in [5.74, 6) is -0.183. The lowest BCUT2D eigenvalue weighted by Gasteiger charge is -2.06. The monoisotopic (exact) mass is 362 g/mol. The number of rotatable bonds is 6. The van der Waals surface area contributed by atoms with Gasteiger partial charge < -0.3 is 19.5 Å². The normalized spacial score (nSPS) is 11.0. The largest absolute Gasteiger partial charge is 0.464 e. The van der Waals surface area contributed by atoms with Crippen LogP contribution in [0.15, 0.2) is 69.9 Å². The van der Waals surface area contributed by atoms with E-state index < -0.39 is 0 Å². The van der Waals surface area contributed by atoms with Crippen molar-refractivity contribution in [2.75, 3.05) is 13.1 Å². The van der Waals surface area contributed by atoms with Gasteiger partial charge in [-0.05, 0) is 29.0 Å². The van der Waals surface area contributed by atoms with Crippen LogP contribution in [0, 0.1) is 0 Å². The Morgan fingerprint density at radius 1 is 0.889 bits per heavy atom. The molecule has 0 atom stereocenters. The average Bonchev–Trinajstić information content (AvgIpc) is 3.35. The molecule has 136 valence electrons. The van der Waals surface area contributed by atoms with Gasteiger partial charge in [-0.15, -0.1) is 0 Å². The predicted octanol–water partition coefficient (Wildman–Crippen LogP) is 3.27. The fourth-order valence-corrected chi connectivity index (χ4v) is 3.11. The molecule has 0 saturated carbocycles. The summed E-state index contributed by atoms with van der Waals surface area (Å²) in [6.07, 6.45) is 3.29. The number of amides is 2. The fourth-order valence-electron chi connectivity index (χ4n) is 3.11. The Kier molecular flexibility index (Phi) is 4.61. The third-order valence-corrected chi connectivity index (χ3v) is 4.37. The van der Waals surface area contributed by atoms with E-state index in [1.807, 2.05) is 36.4 Å². The summed E-state index contributed by atoms with van der Waals surface area (Å²) in [6.45, 7) is 0.655. The minimum absolute atomic E-state index is 0.127. The number of nitrogens with one attached hydrogen (secondary N) is 2. The van der Waals surface area contributed by atoms with E-state index in [9.17, 15) is 9.59 Å². The van der Waals surface area contributed by atoms with Gasteiger partial charge in [-0.25, -0.2) is 0 Å². The van der Waals surface area contributed by atoms with Crippen molar-refractivity contribution in [3.63, 3.8) is 0 Å². The minimum Gasteiger partial charge on any atom is -0.464 e. The van der Waals surface area contributed by atoms with Crippen LogP contribution in [0.1, 0.15) is 16.1 Å². The number of hydrogen-bond donors (Lipinski definition) is 2. The van der Waals surface area contributed by atoms with E-state index in [-0.39, 0.29) is 24.0 Å². The first kappa shape index (κ1) is 16.9. The van der Waals surface area contributed by atoms with E-state index in [4.69, 9.17) is 8.83 Å². The van der Waals surface area contributed by atoms with Crippen molar-refractivity contribution in [2.45, 2.75) is 6.42 Å². The summed E-state index contributed by atoms with van der Waals surface area (Å²) >= 11 is 0. The highest BCUT2D eigenvalue weighted by atomic mass is 16.3. The summed E-state index contributed by atoms with van der Waals surface area (Å²) in [4.78, 5) is 24.0. The molecule has 0 aliphatic heterocycles. The zero-order valence-corrected chi connectivity index (χ0v) is 14.5. The van der Waals surface area contributed by atoms with Gasteiger partial charge in [0.25, 0.3) is 5.91 Å². The van der Waals surface area contributed by atoms with E-state index in [2.05, 4.69) is 10.6 Å². The molecule has 2 N–H and O–H groups in total. The number of carbonyl (C=O) groups is 2. The maximum atomic E-state index is 12.3. The van der Waals surface area contributed by atoms with E-state index in [0.29, 0.717) is 13.1 Å². The van der Waals surface area contributed by atoms with E-state index in [0.717, 1.165) is 27.3 Å². The number of hydrogen-bond acceptors (Lipinski definition) is 4. The van der Waals surface area contributed by atoms with Crippen LogP contribution in [-0.4, -0.2) is 24.9 Å². The van der Waals surface area contributed by atoms with Gasteiger partial charge in [-0.1, -0.05) is 30.3 Å². The first-order valence-electron chi connectivity index (χ1n) is 8.68. The van der Waals surface area contributed by atoms with Crippen LogP contribution in [0.25, 0.3) is 21.7 Å². The molecule has 0 fully saturated rings. The van der Waals surface area contributed by atoms with Crippen LogP contribution in [0.4, 0.5) is 0 Å². The Labute approximate surface area is 155 Å². The van der Waals surface area contributed by atoms with Gasteiger partial charge in [-0.3, -0.25) is 9.59 Å². The van der Waals surface area contributed by atoms with Crippen LogP contribution in [0.2, 0.25) is 0 Å². The molecule has 4 rings (SSSR count). The highest BCUT2D eigenvalue weighted by molar-refractivity contribution is 6.08. The second-order valence-corrected chi connectivity index (χ2v) is 6.18. The molecule has 0 bridgehead atoms. The van der Waals surface area contributed by atoms with Crippen molar-refractivity contribution >= 4 is 33.6 Å². The van der Waals surface area contributed by atoms with Gasteiger partial charge in [0.15, 0.2) is 5.76 Å².